The van der Waals surface area contributed by atoms with E-state index in [4.69, 9.17) is 11.6 Å². The maximum atomic E-state index is 12.2. The summed E-state index contributed by atoms with van der Waals surface area (Å²) in [4.78, 5) is 0. The Kier molecular flexibility index (Phi) is 5.94. The lowest BCUT2D eigenvalue weighted by Gasteiger charge is -2.14. The molecule has 1 aromatic rings. The number of alkyl halides is 3. The third kappa shape index (κ3) is 5.06. The second-order valence-corrected chi connectivity index (χ2v) is 4.43. The van der Waals surface area contributed by atoms with Crippen LogP contribution in [0.25, 0.3) is 0 Å². The fourth-order valence-corrected chi connectivity index (χ4v) is 1.57. The van der Waals surface area contributed by atoms with Gasteiger partial charge < -0.3 is 15.2 Å². The summed E-state index contributed by atoms with van der Waals surface area (Å²) in [6.07, 6.45) is -0.750. The Hall–Kier alpha value is -0.590. The van der Waals surface area contributed by atoms with Crippen molar-refractivity contribution in [3.8, 4) is 5.75 Å². The van der Waals surface area contributed by atoms with Gasteiger partial charge >= 0.3 is 6.61 Å². The van der Waals surface area contributed by atoms with Gasteiger partial charge in [-0.2, -0.15) is 8.78 Å². The van der Waals surface area contributed by atoms with Crippen molar-refractivity contribution >= 4 is 33.2 Å². The molecule has 1 aromatic carbocycles. The highest BCUT2D eigenvalue weighted by Gasteiger charge is 2.11. The molecule has 7 heteroatoms. The van der Waals surface area contributed by atoms with Crippen LogP contribution in [0.4, 0.5) is 14.5 Å². The van der Waals surface area contributed by atoms with Crippen LogP contribution in [0.5, 0.6) is 5.75 Å². The second-order valence-electron chi connectivity index (χ2n) is 3.21. The Morgan fingerprint density at radius 1 is 1.47 bits per heavy atom. The van der Waals surface area contributed by atoms with Gasteiger partial charge in [-0.05, 0) is 18.2 Å². The molecule has 0 saturated carbocycles. The van der Waals surface area contributed by atoms with Gasteiger partial charge in [0.05, 0.1) is 17.7 Å². The highest BCUT2D eigenvalue weighted by molar-refractivity contribution is 9.10. The molecule has 0 spiro atoms. The standard InChI is InChI=1S/C10H11BrClF2NO2/c11-6-1-2-8(15-5-7(16)4-12)9(3-6)17-10(13)14/h1-3,7,10,15-16H,4-5H2. The summed E-state index contributed by atoms with van der Waals surface area (Å²) in [5, 5.41) is 12.0. The van der Waals surface area contributed by atoms with E-state index in [-0.39, 0.29) is 18.2 Å². The zero-order valence-electron chi connectivity index (χ0n) is 8.67. The van der Waals surface area contributed by atoms with E-state index >= 15 is 0 Å². The normalized spacial score (nSPS) is 12.6. The van der Waals surface area contributed by atoms with Crippen LogP contribution in [-0.4, -0.2) is 30.2 Å². The minimum Gasteiger partial charge on any atom is -0.433 e. The number of benzene rings is 1. The molecule has 0 aromatic heterocycles. The van der Waals surface area contributed by atoms with Crippen LogP contribution in [0.2, 0.25) is 0 Å². The summed E-state index contributed by atoms with van der Waals surface area (Å²) in [6, 6.07) is 4.66. The largest absolute Gasteiger partial charge is 0.433 e. The number of anilines is 1. The minimum atomic E-state index is -2.90. The lowest BCUT2D eigenvalue weighted by atomic mass is 10.3. The van der Waals surface area contributed by atoms with Crippen molar-refractivity contribution in [3.05, 3.63) is 22.7 Å². The van der Waals surface area contributed by atoms with Gasteiger partial charge in [0, 0.05) is 11.0 Å². The van der Waals surface area contributed by atoms with Gasteiger partial charge in [0.1, 0.15) is 5.75 Å². The quantitative estimate of drug-likeness (QED) is 0.788. The zero-order chi connectivity index (χ0) is 12.8. The number of hydrogen-bond donors (Lipinski definition) is 2. The summed E-state index contributed by atoms with van der Waals surface area (Å²) in [7, 11) is 0. The molecule has 2 N–H and O–H groups in total. The van der Waals surface area contributed by atoms with Gasteiger partial charge in [-0.1, -0.05) is 15.9 Å². The van der Waals surface area contributed by atoms with E-state index in [0.717, 1.165) is 0 Å². The molecule has 0 amide bonds. The third-order valence-corrected chi connectivity index (χ3v) is 2.72. The fraction of sp³-hybridized carbons (Fsp3) is 0.400. The van der Waals surface area contributed by atoms with Crippen molar-refractivity contribution < 1.29 is 18.6 Å². The Morgan fingerprint density at radius 2 is 2.18 bits per heavy atom. The molecule has 1 atom stereocenters. The van der Waals surface area contributed by atoms with E-state index in [1.807, 2.05) is 0 Å². The highest BCUT2D eigenvalue weighted by Crippen LogP contribution is 2.29. The van der Waals surface area contributed by atoms with Crippen LogP contribution < -0.4 is 10.1 Å². The number of aliphatic hydroxyl groups is 1. The molecule has 0 aliphatic carbocycles. The zero-order valence-corrected chi connectivity index (χ0v) is 11.0. The lowest BCUT2D eigenvalue weighted by molar-refractivity contribution is -0.0494. The molecule has 96 valence electrons. The van der Waals surface area contributed by atoms with Gasteiger partial charge in [-0.3, -0.25) is 0 Å². The van der Waals surface area contributed by atoms with E-state index in [9.17, 15) is 13.9 Å². The first-order valence-electron chi connectivity index (χ1n) is 4.75. The Bertz CT molecular complexity index is 368. The topological polar surface area (TPSA) is 41.5 Å². The molecule has 0 fully saturated rings. The number of nitrogens with one attached hydrogen (secondary N) is 1. The summed E-state index contributed by atoms with van der Waals surface area (Å²) in [6.45, 7) is -2.74. The molecule has 0 aliphatic heterocycles. The molecule has 0 aliphatic rings. The van der Waals surface area contributed by atoms with Crippen LogP contribution in [0.15, 0.2) is 22.7 Å². The smallest absolute Gasteiger partial charge is 0.387 e. The van der Waals surface area contributed by atoms with Crippen LogP contribution in [0.1, 0.15) is 0 Å². The Morgan fingerprint density at radius 3 is 2.76 bits per heavy atom. The Balaban J connectivity index is 2.75. The van der Waals surface area contributed by atoms with Crippen molar-refractivity contribution in [2.24, 2.45) is 0 Å². The van der Waals surface area contributed by atoms with Crippen molar-refractivity contribution in [2.75, 3.05) is 17.7 Å². The molecule has 0 radical (unpaired) electrons. The maximum Gasteiger partial charge on any atom is 0.387 e. The summed E-state index contributed by atoms with van der Waals surface area (Å²) >= 11 is 8.58. The van der Waals surface area contributed by atoms with Crippen molar-refractivity contribution in [1.82, 2.24) is 0 Å². The number of aliphatic hydroxyl groups excluding tert-OH is 1. The first-order valence-corrected chi connectivity index (χ1v) is 6.08. The monoisotopic (exact) mass is 329 g/mol. The van der Waals surface area contributed by atoms with Crippen molar-refractivity contribution in [2.45, 2.75) is 12.7 Å². The average molecular weight is 331 g/mol. The first-order chi connectivity index (χ1) is 8.02. The molecular formula is C10H11BrClF2NO2. The molecule has 0 saturated heterocycles. The number of ether oxygens (including phenoxy) is 1. The molecule has 1 unspecified atom stereocenters. The molecule has 17 heavy (non-hydrogen) atoms. The number of halogens is 4. The molecule has 1 rings (SSSR count). The van der Waals surface area contributed by atoms with E-state index in [1.54, 1.807) is 12.1 Å². The van der Waals surface area contributed by atoms with Crippen molar-refractivity contribution in [3.63, 3.8) is 0 Å². The average Bonchev–Trinajstić information content (AvgIpc) is 2.26. The van der Waals surface area contributed by atoms with E-state index in [2.05, 4.69) is 26.0 Å². The second kappa shape index (κ2) is 6.98. The fourth-order valence-electron chi connectivity index (χ4n) is 1.12. The minimum absolute atomic E-state index is 0.0103. The molecule has 3 nitrogen and oxygen atoms in total. The van der Waals surface area contributed by atoms with Gasteiger partial charge in [0.25, 0.3) is 0 Å². The maximum absolute atomic E-state index is 12.2. The molecular weight excluding hydrogens is 319 g/mol. The lowest BCUT2D eigenvalue weighted by Crippen LogP contribution is -2.21. The Labute approximate surface area is 111 Å². The summed E-state index contributed by atoms with van der Waals surface area (Å²) in [5.74, 6) is 0.0744. The third-order valence-electron chi connectivity index (χ3n) is 1.87. The van der Waals surface area contributed by atoms with Crippen LogP contribution in [0, 0.1) is 0 Å². The SMILES string of the molecule is OC(CCl)CNc1ccc(Br)cc1OC(F)F. The number of rotatable bonds is 6. The van der Waals surface area contributed by atoms with Gasteiger partial charge in [0.15, 0.2) is 0 Å². The summed E-state index contributed by atoms with van der Waals surface area (Å²) < 4.78 is 29.3. The van der Waals surface area contributed by atoms with Crippen LogP contribution in [-0.2, 0) is 0 Å². The van der Waals surface area contributed by atoms with Gasteiger partial charge in [-0.25, -0.2) is 0 Å². The van der Waals surface area contributed by atoms with Gasteiger partial charge in [-0.15, -0.1) is 11.6 Å². The summed E-state index contributed by atoms with van der Waals surface area (Å²) in [5.41, 5.74) is 0.373. The predicted molar refractivity (Wildman–Crippen MR) is 66.0 cm³/mol. The van der Waals surface area contributed by atoms with Gasteiger partial charge in [0.2, 0.25) is 0 Å². The van der Waals surface area contributed by atoms with Crippen LogP contribution >= 0.6 is 27.5 Å². The first kappa shape index (κ1) is 14.5. The van der Waals surface area contributed by atoms with E-state index in [0.29, 0.717) is 10.2 Å². The van der Waals surface area contributed by atoms with E-state index in [1.165, 1.54) is 6.07 Å². The van der Waals surface area contributed by atoms with Crippen molar-refractivity contribution in [1.29, 1.82) is 0 Å². The molecule has 0 bridgehead atoms. The number of hydrogen-bond acceptors (Lipinski definition) is 3. The highest BCUT2D eigenvalue weighted by atomic mass is 79.9. The van der Waals surface area contributed by atoms with Crippen LogP contribution in [0.3, 0.4) is 0 Å². The molecule has 0 heterocycles. The predicted octanol–water partition coefficient (Wildman–Crippen LogP) is 3.06. The van der Waals surface area contributed by atoms with E-state index < -0.39 is 12.7 Å².